The van der Waals surface area contributed by atoms with Crippen LogP contribution in [-0.4, -0.2) is 11.9 Å². The van der Waals surface area contributed by atoms with E-state index in [0.717, 1.165) is 18.4 Å². The van der Waals surface area contributed by atoms with Gasteiger partial charge in [-0.05, 0) is 31.4 Å². The topological polar surface area (TPSA) is 68.3 Å². The normalized spacial score (nSPS) is 15.0. The number of amides is 1. The second-order valence-electron chi connectivity index (χ2n) is 3.90. The lowest BCUT2D eigenvalue weighted by atomic mass is 10.2. The lowest BCUT2D eigenvalue weighted by molar-refractivity contribution is 0.0923. The molecule has 0 aliphatic heterocycles. The first-order valence-corrected chi connectivity index (χ1v) is 4.94. The van der Waals surface area contributed by atoms with Gasteiger partial charge in [0.05, 0.1) is 5.70 Å². The van der Waals surface area contributed by atoms with E-state index in [1.165, 1.54) is 0 Å². The van der Waals surface area contributed by atoms with Crippen molar-refractivity contribution in [2.24, 2.45) is 5.73 Å². The molecule has 1 fully saturated rings. The molecule has 0 spiro atoms. The maximum atomic E-state index is 11.6. The first-order valence-electron chi connectivity index (χ1n) is 4.94. The summed E-state index contributed by atoms with van der Waals surface area (Å²) in [5, 5.41) is 2.85. The van der Waals surface area contributed by atoms with Crippen molar-refractivity contribution in [1.82, 2.24) is 5.32 Å². The van der Waals surface area contributed by atoms with Crippen LogP contribution in [0.25, 0.3) is 5.70 Å². The summed E-state index contributed by atoms with van der Waals surface area (Å²) in [4.78, 5) is 11.6. The molecule has 0 bridgehead atoms. The molecule has 1 heterocycles. The average Bonchev–Trinajstić information content (AvgIpc) is 2.86. The molecule has 0 unspecified atom stereocenters. The highest BCUT2D eigenvalue weighted by molar-refractivity contribution is 5.92. The molecule has 1 aliphatic carbocycles. The van der Waals surface area contributed by atoms with Crippen LogP contribution >= 0.6 is 0 Å². The number of carbonyl (C=O) groups excluding carboxylic acids is 1. The lowest BCUT2D eigenvalue weighted by Crippen LogP contribution is -2.24. The second kappa shape index (κ2) is 3.46. The van der Waals surface area contributed by atoms with Gasteiger partial charge >= 0.3 is 0 Å². The van der Waals surface area contributed by atoms with E-state index in [0.29, 0.717) is 23.3 Å². The van der Waals surface area contributed by atoms with E-state index in [1.54, 1.807) is 6.07 Å². The molecule has 1 aromatic heterocycles. The predicted molar refractivity (Wildman–Crippen MR) is 57.2 cm³/mol. The first kappa shape index (κ1) is 9.83. The predicted octanol–water partition coefficient (Wildman–Crippen LogP) is 1.41. The Morgan fingerprint density at radius 2 is 2.33 bits per heavy atom. The molecule has 15 heavy (non-hydrogen) atoms. The summed E-state index contributed by atoms with van der Waals surface area (Å²) in [6.07, 6.45) is 2.11. The maximum absolute atomic E-state index is 11.6. The summed E-state index contributed by atoms with van der Waals surface area (Å²) in [5.41, 5.74) is 6.70. The zero-order valence-corrected chi connectivity index (χ0v) is 8.67. The molecule has 4 nitrogen and oxygen atoms in total. The Labute approximate surface area is 88.1 Å². The third-order valence-corrected chi connectivity index (χ3v) is 2.35. The third-order valence-electron chi connectivity index (χ3n) is 2.35. The molecule has 3 N–H and O–H groups in total. The van der Waals surface area contributed by atoms with Crippen LogP contribution in [0.5, 0.6) is 0 Å². The van der Waals surface area contributed by atoms with Crippen molar-refractivity contribution in [1.29, 1.82) is 0 Å². The minimum Gasteiger partial charge on any atom is -0.449 e. The number of furan rings is 1. The van der Waals surface area contributed by atoms with Gasteiger partial charge in [0.2, 0.25) is 0 Å². The van der Waals surface area contributed by atoms with Crippen LogP contribution in [0.4, 0.5) is 0 Å². The third kappa shape index (κ3) is 2.03. The van der Waals surface area contributed by atoms with Crippen molar-refractivity contribution >= 4 is 11.6 Å². The zero-order valence-electron chi connectivity index (χ0n) is 8.67. The Hall–Kier alpha value is -1.71. The molecule has 1 amide bonds. The van der Waals surface area contributed by atoms with Crippen LogP contribution in [0, 0.1) is 6.92 Å². The van der Waals surface area contributed by atoms with Crippen LogP contribution in [-0.2, 0) is 0 Å². The highest BCUT2D eigenvalue weighted by atomic mass is 16.4. The Balaban J connectivity index is 2.17. The van der Waals surface area contributed by atoms with Gasteiger partial charge in [0.1, 0.15) is 0 Å². The number of rotatable bonds is 3. The molecule has 0 aromatic carbocycles. The van der Waals surface area contributed by atoms with E-state index in [9.17, 15) is 4.79 Å². The Morgan fingerprint density at radius 3 is 2.80 bits per heavy atom. The molecule has 2 rings (SSSR count). The molecule has 1 aliphatic rings. The average molecular weight is 206 g/mol. The highest BCUT2D eigenvalue weighted by Gasteiger charge is 2.25. The number of aryl methyl sites for hydroxylation is 1. The fourth-order valence-electron chi connectivity index (χ4n) is 1.40. The minimum atomic E-state index is -0.173. The van der Waals surface area contributed by atoms with Crippen LogP contribution in [0.15, 0.2) is 17.1 Å². The van der Waals surface area contributed by atoms with Gasteiger partial charge in [0.15, 0.2) is 11.5 Å². The van der Waals surface area contributed by atoms with Crippen LogP contribution in [0.1, 0.15) is 34.7 Å². The quantitative estimate of drug-likeness (QED) is 0.785. The summed E-state index contributed by atoms with van der Waals surface area (Å²) >= 11 is 0. The van der Waals surface area contributed by atoms with Crippen LogP contribution in [0.3, 0.4) is 0 Å². The minimum absolute atomic E-state index is 0.173. The summed E-state index contributed by atoms with van der Waals surface area (Å²) < 4.78 is 5.33. The van der Waals surface area contributed by atoms with Crippen molar-refractivity contribution in [3.63, 3.8) is 0 Å². The SMILES string of the molecule is C=C(N)c1oc(C(=O)NC2CC2)cc1C. The molecule has 1 saturated carbocycles. The Kier molecular flexibility index (Phi) is 2.26. The van der Waals surface area contributed by atoms with Crippen molar-refractivity contribution in [2.75, 3.05) is 0 Å². The van der Waals surface area contributed by atoms with Crippen molar-refractivity contribution in [3.05, 3.63) is 29.7 Å². The highest BCUT2D eigenvalue weighted by Crippen LogP contribution is 2.22. The molecule has 1 aromatic rings. The lowest BCUT2D eigenvalue weighted by Gasteiger charge is -1.98. The van der Waals surface area contributed by atoms with E-state index in [4.69, 9.17) is 10.2 Å². The van der Waals surface area contributed by atoms with Crippen molar-refractivity contribution < 1.29 is 9.21 Å². The van der Waals surface area contributed by atoms with E-state index >= 15 is 0 Å². The fraction of sp³-hybridized carbons (Fsp3) is 0.364. The standard InChI is InChI=1S/C11H14N2O2/c1-6-5-9(15-10(6)7(2)12)11(14)13-8-3-4-8/h5,8H,2-4,12H2,1H3,(H,13,14). The number of carbonyl (C=O) groups is 1. The van der Waals surface area contributed by atoms with Gasteiger partial charge in [0.25, 0.3) is 5.91 Å². The van der Waals surface area contributed by atoms with Gasteiger partial charge < -0.3 is 15.5 Å². The molecular weight excluding hydrogens is 192 g/mol. The van der Waals surface area contributed by atoms with Gasteiger partial charge in [0, 0.05) is 6.04 Å². The smallest absolute Gasteiger partial charge is 0.287 e. The van der Waals surface area contributed by atoms with Gasteiger partial charge in [-0.2, -0.15) is 0 Å². The molecule has 0 radical (unpaired) electrons. The number of nitrogens with one attached hydrogen (secondary N) is 1. The maximum Gasteiger partial charge on any atom is 0.287 e. The molecule has 0 atom stereocenters. The zero-order chi connectivity index (χ0) is 11.0. The van der Waals surface area contributed by atoms with Crippen LogP contribution < -0.4 is 11.1 Å². The fourth-order valence-corrected chi connectivity index (χ4v) is 1.40. The summed E-state index contributed by atoms with van der Waals surface area (Å²) in [7, 11) is 0. The summed E-state index contributed by atoms with van der Waals surface area (Å²) in [5.74, 6) is 0.630. The van der Waals surface area contributed by atoms with Crippen molar-refractivity contribution in [3.8, 4) is 0 Å². The van der Waals surface area contributed by atoms with Crippen molar-refractivity contribution in [2.45, 2.75) is 25.8 Å². The molecule has 0 saturated heterocycles. The number of hydrogen-bond donors (Lipinski definition) is 2. The van der Waals surface area contributed by atoms with Gasteiger partial charge in [-0.3, -0.25) is 4.79 Å². The summed E-state index contributed by atoms with van der Waals surface area (Å²) in [6.45, 7) is 5.42. The first-order chi connectivity index (χ1) is 7.08. The van der Waals surface area contributed by atoms with Gasteiger partial charge in [-0.25, -0.2) is 0 Å². The van der Waals surface area contributed by atoms with E-state index in [2.05, 4.69) is 11.9 Å². The molecule has 4 heteroatoms. The summed E-state index contributed by atoms with van der Waals surface area (Å²) in [6, 6.07) is 2.01. The monoisotopic (exact) mass is 206 g/mol. The van der Waals surface area contributed by atoms with Gasteiger partial charge in [-0.15, -0.1) is 0 Å². The second-order valence-corrected chi connectivity index (χ2v) is 3.90. The van der Waals surface area contributed by atoms with Gasteiger partial charge in [-0.1, -0.05) is 6.58 Å². The van der Waals surface area contributed by atoms with Crippen LogP contribution in [0.2, 0.25) is 0 Å². The number of hydrogen-bond acceptors (Lipinski definition) is 3. The molecule has 80 valence electrons. The largest absolute Gasteiger partial charge is 0.449 e. The molecular formula is C11H14N2O2. The van der Waals surface area contributed by atoms with E-state index in [1.807, 2.05) is 6.92 Å². The Bertz CT molecular complexity index is 416. The van der Waals surface area contributed by atoms with E-state index in [-0.39, 0.29) is 5.91 Å². The number of nitrogens with two attached hydrogens (primary N) is 1. The Morgan fingerprint density at radius 1 is 1.67 bits per heavy atom. The van der Waals surface area contributed by atoms with E-state index < -0.39 is 0 Å².